The molecule has 212 valence electrons. The van der Waals surface area contributed by atoms with Gasteiger partial charge in [-0.1, -0.05) is 69.6 Å². The van der Waals surface area contributed by atoms with E-state index in [1.54, 1.807) is 18.6 Å². The largest absolute Gasteiger partial charge is 2.00 e. The molecule has 0 saturated carbocycles. The van der Waals surface area contributed by atoms with Crippen LogP contribution in [0.25, 0.3) is 0 Å². The van der Waals surface area contributed by atoms with Gasteiger partial charge in [0.25, 0.3) is 0 Å². The van der Waals surface area contributed by atoms with Gasteiger partial charge in [0.15, 0.2) is 27.2 Å². The molecule has 6 heterocycles. The predicted molar refractivity (Wildman–Crippen MR) is 165 cm³/mol. The van der Waals surface area contributed by atoms with E-state index < -0.39 is 22.8 Å². The Bertz CT molecular complexity index is 1110. The van der Waals surface area contributed by atoms with Crippen LogP contribution in [0.5, 0.6) is 0 Å². The molecule has 3 N–H and O–H groups in total. The Balaban J connectivity index is 0.000000224. The summed E-state index contributed by atoms with van der Waals surface area (Å²) in [6.45, 7) is 0. The summed E-state index contributed by atoms with van der Waals surface area (Å²) in [6.07, 6.45) is 22.8. The van der Waals surface area contributed by atoms with Crippen LogP contribution >= 0.6 is 69.6 Å². The first-order valence-electron chi connectivity index (χ1n) is 11.7. The molecule has 6 aromatic heterocycles. The smallest absolute Gasteiger partial charge is 0.403 e. The number of hydrogen-bond donors (Lipinski definition) is 0. The fourth-order valence-corrected chi connectivity index (χ4v) is 3.86. The van der Waals surface area contributed by atoms with Crippen molar-refractivity contribution in [2.24, 2.45) is 0 Å². The van der Waals surface area contributed by atoms with Crippen LogP contribution in [0.4, 0.5) is 0 Å². The Morgan fingerprint density at radius 2 is 0.756 bits per heavy atom. The summed E-state index contributed by atoms with van der Waals surface area (Å²) >= 11 is 28.8. The quantitative estimate of drug-likeness (QED) is 0.196. The molecular weight excluding hydrogens is 667 g/mol. The van der Waals surface area contributed by atoms with Crippen molar-refractivity contribution in [3.63, 3.8) is 0 Å². The molecule has 12 nitrogen and oxygen atoms in total. The topological polar surface area (TPSA) is 111 Å². The van der Waals surface area contributed by atoms with Crippen LogP contribution in [0, 0.1) is 0 Å². The molecule has 41 heavy (non-hydrogen) atoms. The predicted octanol–water partition coefficient (Wildman–Crippen LogP) is 1.73. The number of aromatic amines is 3. The van der Waals surface area contributed by atoms with Crippen molar-refractivity contribution >= 4 is 107 Å². The van der Waals surface area contributed by atoms with E-state index in [4.69, 9.17) is 69.6 Å². The number of rotatable bonds is 6. The van der Waals surface area contributed by atoms with E-state index in [1.165, 1.54) is 0 Å². The first kappa shape index (κ1) is 35.1. The van der Waals surface area contributed by atoms with Crippen LogP contribution in [0.15, 0.2) is 111 Å². The van der Waals surface area contributed by atoms with Crippen LogP contribution in [-0.4, -0.2) is 88.7 Å². The van der Waals surface area contributed by atoms with Gasteiger partial charge in [-0.25, -0.2) is 15.3 Å². The van der Waals surface area contributed by atoms with Gasteiger partial charge in [-0.05, 0) is 36.8 Å². The summed E-state index contributed by atoms with van der Waals surface area (Å²) in [5.74, 6) is 0. The third kappa shape index (κ3) is 12.0. The average molecular weight is 692 g/mol. The molecule has 0 atom stereocenters. The normalized spacial score (nSPS) is 10.4. The Morgan fingerprint density at radius 1 is 0.463 bits per heavy atom. The number of nitrogens with one attached hydrogen (secondary N) is 3. The van der Waals surface area contributed by atoms with Crippen LogP contribution < -0.4 is 15.3 Å². The second-order valence-electron chi connectivity index (χ2n) is 7.80. The molecule has 0 spiro atoms. The van der Waals surface area contributed by atoms with E-state index >= 15 is 0 Å². The van der Waals surface area contributed by atoms with Crippen LogP contribution in [0.2, 0.25) is 0 Å². The molecule has 0 aliphatic carbocycles. The minimum absolute atomic E-state index is 0. The summed E-state index contributed by atoms with van der Waals surface area (Å²) < 4.78 is 10.3. The van der Waals surface area contributed by atoms with Crippen molar-refractivity contribution < 1.29 is 15.3 Å². The fraction of sp³-hybridized carbons (Fsp3) is 0.100. The van der Waals surface area contributed by atoms with Gasteiger partial charge >= 0.3 is 37.3 Å². The fourth-order valence-electron chi connectivity index (χ4n) is 3.86. The molecular formula is C20H25B2Cl6MgN12+3. The minimum atomic E-state index is -1.12. The third-order valence-electron chi connectivity index (χ3n) is 5.27. The molecule has 6 rings (SSSR count). The van der Waals surface area contributed by atoms with Gasteiger partial charge in [0.05, 0.1) is 0 Å². The summed E-state index contributed by atoms with van der Waals surface area (Å²) in [7, 11) is -2.08. The average Bonchev–Trinajstić information content (AvgIpc) is 3.72. The standard InChI is InChI=1S/2C9H10BN6.2CHCl3.Mg/c2*1-4-11-14(7-1)10(15-8-2-5-12-15)16-9-3-6-13-16;2*2-1(3)4;/h2*1-10H;2*1H;/q2*-1;;;+2/p+3. The SMILES string of the molecule is ClC(Cl)Cl.ClC(Cl)Cl.[Mg+2].c1c[nH+]n([BH-](n2ccc[nH+]2)n2ccc[nH+]2)c1.c1cnn([BH-](n2cccn2)n2cccn2)c1. The zero-order chi connectivity index (χ0) is 28.7. The molecule has 21 heteroatoms. The molecule has 0 aliphatic heterocycles. The zero-order valence-corrected chi connectivity index (χ0v) is 27.4. The second-order valence-corrected chi connectivity index (χ2v) is 11.8. The van der Waals surface area contributed by atoms with Crippen molar-refractivity contribution in [1.82, 2.24) is 42.9 Å². The van der Waals surface area contributed by atoms with Crippen molar-refractivity contribution in [2.75, 3.05) is 0 Å². The molecule has 0 amide bonds. The number of hydrogen-bond acceptors (Lipinski definition) is 3. The van der Waals surface area contributed by atoms with Crippen molar-refractivity contribution in [1.29, 1.82) is 0 Å². The maximum atomic E-state index is 4.81. The van der Waals surface area contributed by atoms with Gasteiger partial charge in [-0.15, -0.1) is 0 Å². The third-order valence-corrected chi connectivity index (χ3v) is 5.27. The van der Waals surface area contributed by atoms with Gasteiger partial charge in [0.2, 0.25) is 0 Å². The van der Waals surface area contributed by atoms with Gasteiger partial charge in [-0.3, -0.25) is 13.8 Å². The summed E-state index contributed by atoms with van der Waals surface area (Å²) in [6, 6.07) is 11.6. The first-order chi connectivity index (χ1) is 19.4. The number of H-pyrrole nitrogens is 3. The molecule has 0 aromatic carbocycles. The number of nitrogens with zero attached hydrogens (tertiary/aromatic N) is 9. The second kappa shape index (κ2) is 19.2. The molecule has 0 fully saturated rings. The van der Waals surface area contributed by atoms with E-state index in [9.17, 15) is 0 Å². The van der Waals surface area contributed by atoms with Crippen LogP contribution in [-0.2, 0) is 0 Å². The zero-order valence-electron chi connectivity index (χ0n) is 21.5. The molecule has 0 unspecified atom stereocenters. The van der Waals surface area contributed by atoms with Crippen molar-refractivity contribution in [3.8, 4) is 0 Å². The van der Waals surface area contributed by atoms with Gasteiger partial charge in [0, 0.05) is 55.4 Å². The number of halogens is 6. The number of aromatic nitrogens is 12. The Hall–Kier alpha value is -2.10. The molecule has 0 bridgehead atoms. The Morgan fingerprint density at radius 3 is 0.951 bits per heavy atom. The first-order valence-corrected chi connectivity index (χ1v) is 14.3. The maximum absolute atomic E-state index is 4.81. The van der Waals surface area contributed by atoms with Gasteiger partial charge in [0.1, 0.15) is 0 Å². The van der Waals surface area contributed by atoms with E-state index in [1.807, 2.05) is 106 Å². The van der Waals surface area contributed by atoms with E-state index in [0.29, 0.717) is 0 Å². The summed E-state index contributed by atoms with van der Waals surface area (Å²) in [5, 5.41) is 22.3. The van der Waals surface area contributed by atoms with Crippen molar-refractivity contribution in [2.45, 2.75) is 8.59 Å². The van der Waals surface area contributed by atoms with Crippen LogP contribution in [0.3, 0.4) is 0 Å². The van der Waals surface area contributed by atoms with Gasteiger partial charge < -0.3 is 13.8 Å². The van der Waals surface area contributed by atoms with E-state index in [0.717, 1.165) is 0 Å². The van der Waals surface area contributed by atoms with Crippen LogP contribution in [0.1, 0.15) is 0 Å². The summed E-state index contributed by atoms with van der Waals surface area (Å²) in [4.78, 5) is 0. The van der Waals surface area contributed by atoms with E-state index in [-0.39, 0.29) is 23.1 Å². The Kier molecular flexibility index (Phi) is 16.4. The molecule has 6 aromatic rings. The van der Waals surface area contributed by atoms with E-state index in [2.05, 4.69) is 44.4 Å². The molecule has 0 saturated heterocycles. The molecule has 0 aliphatic rings. The van der Waals surface area contributed by atoms with Gasteiger partial charge in [-0.2, -0.15) is 15.3 Å². The summed E-state index contributed by atoms with van der Waals surface area (Å²) in [5.41, 5.74) is 0. The minimum Gasteiger partial charge on any atom is -0.403 e. The Labute approximate surface area is 282 Å². The monoisotopic (exact) mass is 689 g/mol. The molecule has 0 radical (unpaired) electrons. The maximum Gasteiger partial charge on any atom is 2.00 e. The van der Waals surface area contributed by atoms with Crippen molar-refractivity contribution in [3.05, 3.63) is 111 Å². The number of alkyl halides is 6.